The van der Waals surface area contributed by atoms with Gasteiger partial charge in [0, 0.05) is 6.04 Å². The van der Waals surface area contributed by atoms with Gasteiger partial charge in [-0.25, -0.2) is 0 Å². The number of hydrogen-bond donors (Lipinski definition) is 1. The predicted molar refractivity (Wildman–Crippen MR) is 83.4 cm³/mol. The molecule has 0 spiro atoms. The summed E-state index contributed by atoms with van der Waals surface area (Å²) in [6.45, 7) is 7.29. The highest BCUT2D eigenvalue weighted by atomic mass is 35.5. The molecular formula is C16H26ClNO. The Kier molecular flexibility index (Phi) is 6.15. The summed E-state index contributed by atoms with van der Waals surface area (Å²) in [7, 11) is 0. The summed E-state index contributed by atoms with van der Waals surface area (Å²) in [5.41, 5.74) is 9.84. The number of hydrogen-bond acceptors (Lipinski definition) is 2. The lowest BCUT2D eigenvalue weighted by atomic mass is 9.99. The van der Waals surface area contributed by atoms with Crippen LogP contribution in [0.3, 0.4) is 0 Å². The molecule has 0 bridgehead atoms. The van der Waals surface area contributed by atoms with Gasteiger partial charge >= 0.3 is 0 Å². The number of halogens is 1. The highest BCUT2D eigenvalue weighted by Gasteiger charge is 2.22. The number of aryl methyl sites for hydroxylation is 2. The van der Waals surface area contributed by atoms with Crippen LogP contribution in [0.4, 0.5) is 0 Å². The van der Waals surface area contributed by atoms with E-state index in [0.29, 0.717) is 0 Å². The van der Waals surface area contributed by atoms with E-state index in [2.05, 4.69) is 32.9 Å². The SMILES string of the molecule is CCC(N)Cc1cc(C)c(OCC2CC2)c(C)c1.Cl. The van der Waals surface area contributed by atoms with Crippen LogP contribution in [0.25, 0.3) is 0 Å². The topological polar surface area (TPSA) is 35.2 Å². The molecule has 0 heterocycles. The minimum atomic E-state index is 0. The van der Waals surface area contributed by atoms with Gasteiger partial charge < -0.3 is 10.5 Å². The molecule has 19 heavy (non-hydrogen) atoms. The van der Waals surface area contributed by atoms with Crippen LogP contribution in [0.5, 0.6) is 5.75 Å². The molecule has 0 amide bonds. The van der Waals surface area contributed by atoms with Crippen LogP contribution < -0.4 is 10.5 Å². The Morgan fingerprint density at radius 1 is 1.26 bits per heavy atom. The number of rotatable bonds is 6. The molecule has 0 aliphatic heterocycles. The zero-order chi connectivity index (χ0) is 13.1. The predicted octanol–water partition coefficient (Wildman–Crippen LogP) is 3.79. The fraction of sp³-hybridized carbons (Fsp3) is 0.625. The van der Waals surface area contributed by atoms with Crippen LogP contribution in [-0.4, -0.2) is 12.6 Å². The van der Waals surface area contributed by atoms with Gasteiger partial charge in [0.15, 0.2) is 0 Å². The van der Waals surface area contributed by atoms with Gasteiger partial charge in [0.25, 0.3) is 0 Å². The molecule has 2 nitrogen and oxygen atoms in total. The van der Waals surface area contributed by atoms with Gasteiger partial charge in [0.1, 0.15) is 5.75 Å². The first-order valence-corrected chi connectivity index (χ1v) is 7.08. The molecule has 1 aromatic rings. The molecule has 1 fully saturated rings. The molecule has 1 saturated carbocycles. The first kappa shape index (κ1) is 16.3. The Morgan fingerprint density at radius 2 is 1.84 bits per heavy atom. The lowest BCUT2D eigenvalue weighted by Crippen LogP contribution is -2.21. The van der Waals surface area contributed by atoms with Crippen molar-refractivity contribution in [3.05, 3.63) is 28.8 Å². The number of benzene rings is 1. The maximum absolute atomic E-state index is 6.02. The molecule has 1 aliphatic carbocycles. The molecule has 2 N–H and O–H groups in total. The van der Waals surface area contributed by atoms with E-state index in [-0.39, 0.29) is 18.4 Å². The Hall–Kier alpha value is -0.730. The molecule has 1 unspecified atom stereocenters. The van der Waals surface area contributed by atoms with Crippen molar-refractivity contribution in [1.82, 2.24) is 0 Å². The van der Waals surface area contributed by atoms with Crippen LogP contribution in [-0.2, 0) is 6.42 Å². The fourth-order valence-corrected chi connectivity index (χ4v) is 2.32. The van der Waals surface area contributed by atoms with Crippen LogP contribution in [0, 0.1) is 19.8 Å². The Bertz CT molecular complexity index is 392. The van der Waals surface area contributed by atoms with Crippen molar-refractivity contribution in [2.24, 2.45) is 11.7 Å². The van der Waals surface area contributed by atoms with Crippen LogP contribution >= 0.6 is 12.4 Å². The Morgan fingerprint density at radius 3 is 2.32 bits per heavy atom. The van der Waals surface area contributed by atoms with E-state index < -0.39 is 0 Å². The minimum absolute atomic E-state index is 0. The first-order valence-electron chi connectivity index (χ1n) is 7.08. The van der Waals surface area contributed by atoms with E-state index >= 15 is 0 Å². The average molecular weight is 284 g/mol. The number of ether oxygens (including phenoxy) is 1. The quantitative estimate of drug-likeness (QED) is 0.862. The summed E-state index contributed by atoms with van der Waals surface area (Å²) in [6.07, 6.45) is 4.65. The van der Waals surface area contributed by atoms with Gasteiger partial charge in [-0.1, -0.05) is 19.1 Å². The van der Waals surface area contributed by atoms with E-state index in [9.17, 15) is 0 Å². The van der Waals surface area contributed by atoms with E-state index in [1.165, 1.54) is 29.5 Å². The van der Waals surface area contributed by atoms with Gasteiger partial charge in [-0.2, -0.15) is 0 Å². The standard InChI is InChI=1S/C16H25NO.ClH/c1-4-15(17)9-14-7-11(2)16(12(3)8-14)18-10-13-5-6-13;/h7-8,13,15H,4-6,9-10,17H2,1-3H3;1H. The van der Waals surface area contributed by atoms with E-state index in [1.807, 2.05) is 0 Å². The van der Waals surface area contributed by atoms with Crippen LogP contribution in [0.1, 0.15) is 42.9 Å². The van der Waals surface area contributed by atoms with Gasteiger partial charge in [0.2, 0.25) is 0 Å². The largest absolute Gasteiger partial charge is 0.493 e. The van der Waals surface area contributed by atoms with Crippen molar-refractivity contribution in [1.29, 1.82) is 0 Å². The van der Waals surface area contributed by atoms with Gasteiger partial charge in [-0.3, -0.25) is 0 Å². The van der Waals surface area contributed by atoms with Crippen molar-refractivity contribution < 1.29 is 4.74 Å². The third kappa shape index (κ3) is 4.70. The summed E-state index contributed by atoms with van der Waals surface area (Å²) < 4.78 is 5.95. The maximum atomic E-state index is 6.02. The number of nitrogens with two attached hydrogens (primary N) is 1. The molecule has 2 rings (SSSR count). The molecule has 0 saturated heterocycles. The highest BCUT2D eigenvalue weighted by molar-refractivity contribution is 5.85. The Balaban J connectivity index is 0.00000180. The maximum Gasteiger partial charge on any atom is 0.125 e. The summed E-state index contributed by atoms with van der Waals surface area (Å²) >= 11 is 0. The fourth-order valence-electron chi connectivity index (χ4n) is 2.32. The molecule has 1 aliphatic rings. The molecule has 0 aromatic heterocycles. The van der Waals surface area contributed by atoms with Gasteiger partial charge in [-0.15, -0.1) is 12.4 Å². The van der Waals surface area contributed by atoms with Crippen molar-refractivity contribution in [3.8, 4) is 5.75 Å². The molecule has 1 atom stereocenters. The lowest BCUT2D eigenvalue weighted by molar-refractivity contribution is 0.296. The highest BCUT2D eigenvalue weighted by Crippen LogP contribution is 2.32. The average Bonchev–Trinajstić information content (AvgIpc) is 3.11. The van der Waals surface area contributed by atoms with Crippen molar-refractivity contribution in [2.45, 2.75) is 52.5 Å². The van der Waals surface area contributed by atoms with Crippen LogP contribution in [0.15, 0.2) is 12.1 Å². The zero-order valence-corrected chi connectivity index (χ0v) is 13.1. The van der Waals surface area contributed by atoms with Gasteiger partial charge in [-0.05, 0) is 62.1 Å². The third-order valence-corrected chi connectivity index (χ3v) is 3.70. The summed E-state index contributed by atoms with van der Waals surface area (Å²) in [6, 6.07) is 4.72. The van der Waals surface area contributed by atoms with Crippen molar-refractivity contribution >= 4 is 12.4 Å². The van der Waals surface area contributed by atoms with E-state index in [0.717, 1.165) is 31.1 Å². The van der Waals surface area contributed by atoms with Gasteiger partial charge in [0.05, 0.1) is 6.61 Å². The second kappa shape index (κ2) is 7.16. The van der Waals surface area contributed by atoms with Crippen molar-refractivity contribution in [2.75, 3.05) is 6.61 Å². The lowest BCUT2D eigenvalue weighted by Gasteiger charge is -2.15. The second-order valence-corrected chi connectivity index (χ2v) is 5.69. The van der Waals surface area contributed by atoms with E-state index in [4.69, 9.17) is 10.5 Å². The van der Waals surface area contributed by atoms with E-state index in [1.54, 1.807) is 0 Å². The summed E-state index contributed by atoms with van der Waals surface area (Å²) in [5, 5.41) is 0. The smallest absolute Gasteiger partial charge is 0.125 e. The monoisotopic (exact) mass is 283 g/mol. The molecule has 1 aromatic carbocycles. The molecular weight excluding hydrogens is 258 g/mol. The minimum Gasteiger partial charge on any atom is -0.493 e. The molecule has 108 valence electrons. The zero-order valence-electron chi connectivity index (χ0n) is 12.2. The Labute approximate surface area is 123 Å². The third-order valence-electron chi connectivity index (χ3n) is 3.70. The normalized spacial score (nSPS) is 15.8. The second-order valence-electron chi connectivity index (χ2n) is 5.69. The molecule has 0 radical (unpaired) electrons. The van der Waals surface area contributed by atoms with Crippen LogP contribution in [0.2, 0.25) is 0 Å². The van der Waals surface area contributed by atoms with Crippen molar-refractivity contribution in [3.63, 3.8) is 0 Å². The summed E-state index contributed by atoms with van der Waals surface area (Å²) in [4.78, 5) is 0. The first-order chi connectivity index (χ1) is 8.60. The molecule has 3 heteroatoms. The summed E-state index contributed by atoms with van der Waals surface area (Å²) in [5.74, 6) is 1.88.